The average Bonchev–Trinajstić information content (AvgIpc) is 2.51. The van der Waals surface area contributed by atoms with E-state index in [0.29, 0.717) is 38.0 Å². The molecule has 2 aliphatic rings. The van der Waals surface area contributed by atoms with Crippen LogP contribution in [0.15, 0.2) is 23.8 Å². The molecule has 0 spiro atoms. The highest BCUT2D eigenvalue weighted by Gasteiger charge is 2.36. The van der Waals surface area contributed by atoms with Gasteiger partial charge in [-0.05, 0) is 30.8 Å². The third kappa shape index (κ3) is 3.85. The number of nitrogens with zero attached hydrogens (tertiary/aromatic N) is 2. The van der Waals surface area contributed by atoms with Crippen molar-refractivity contribution in [3.05, 3.63) is 23.8 Å². The van der Waals surface area contributed by atoms with Gasteiger partial charge < -0.3 is 9.80 Å². The molecular formula is C19H30N2O2. The second kappa shape index (κ2) is 6.90. The summed E-state index contributed by atoms with van der Waals surface area (Å²) >= 11 is 0. The summed E-state index contributed by atoms with van der Waals surface area (Å²) in [6.07, 6.45) is 7.25. The Hall–Kier alpha value is -1.58. The molecule has 1 heterocycles. The molecule has 2 atom stereocenters. The maximum atomic E-state index is 12.4. The van der Waals surface area contributed by atoms with Gasteiger partial charge in [-0.1, -0.05) is 38.5 Å². The van der Waals surface area contributed by atoms with Crippen LogP contribution >= 0.6 is 0 Å². The molecule has 4 nitrogen and oxygen atoms in total. The normalized spacial score (nSPS) is 28.0. The first-order chi connectivity index (χ1) is 10.7. The topological polar surface area (TPSA) is 40.6 Å². The van der Waals surface area contributed by atoms with Gasteiger partial charge in [0.15, 0.2) is 0 Å². The number of hydrogen-bond acceptors (Lipinski definition) is 2. The number of hydrogen-bond donors (Lipinski definition) is 0. The van der Waals surface area contributed by atoms with E-state index < -0.39 is 0 Å². The van der Waals surface area contributed by atoms with Crippen LogP contribution in [0, 0.1) is 17.3 Å². The van der Waals surface area contributed by atoms with Crippen LogP contribution in [-0.4, -0.2) is 47.8 Å². The minimum atomic E-state index is 0.0648. The standard InChI is InChI=1S/C19H30N2O2/c1-14-6-7-15(2)19(4,5)17(14)8-9-18(23)21-12-10-20(11-13-21)16(3)22/h6,8-9,15,17H,7,10-13H2,1-5H3/b9-8+. The van der Waals surface area contributed by atoms with E-state index in [4.69, 9.17) is 0 Å². The molecule has 23 heavy (non-hydrogen) atoms. The van der Waals surface area contributed by atoms with Crippen molar-refractivity contribution < 1.29 is 9.59 Å². The van der Waals surface area contributed by atoms with Gasteiger partial charge in [0.1, 0.15) is 0 Å². The molecule has 1 saturated heterocycles. The van der Waals surface area contributed by atoms with Crippen LogP contribution in [0.1, 0.15) is 41.0 Å². The lowest BCUT2D eigenvalue weighted by atomic mass is 9.63. The summed E-state index contributed by atoms with van der Waals surface area (Å²) in [5.74, 6) is 1.07. The van der Waals surface area contributed by atoms with Crippen molar-refractivity contribution in [2.75, 3.05) is 26.2 Å². The van der Waals surface area contributed by atoms with Gasteiger partial charge in [0.05, 0.1) is 0 Å². The van der Waals surface area contributed by atoms with Crippen LogP contribution in [0.3, 0.4) is 0 Å². The van der Waals surface area contributed by atoms with Crippen molar-refractivity contribution in [3.8, 4) is 0 Å². The van der Waals surface area contributed by atoms with Gasteiger partial charge in [0.2, 0.25) is 11.8 Å². The maximum absolute atomic E-state index is 12.4. The van der Waals surface area contributed by atoms with E-state index in [-0.39, 0.29) is 17.2 Å². The predicted octanol–water partition coefficient (Wildman–Crippen LogP) is 2.86. The molecule has 0 aromatic carbocycles. The Bertz CT molecular complexity index is 525. The Labute approximate surface area is 140 Å². The molecular weight excluding hydrogens is 288 g/mol. The molecule has 0 bridgehead atoms. The molecule has 1 fully saturated rings. The fraction of sp³-hybridized carbons (Fsp3) is 0.684. The van der Waals surface area contributed by atoms with Gasteiger partial charge in [-0.2, -0.15) is 0 Å². The Morgan fingerprint density at radius 1 is 1.17 bits per heavy atom. The van der Waals surface area contributed by atoms with Crippen LogP contribution in [0.5, 0.6) is 0 Å². The summed E-state index contributed by atoms with van der Waals surface area (Å²) in [7, 11) is 0. The number of carbonyl (C=O) groups excluding carboxylic acids is 2. The third-order valence-electron chi connectivity index (χ3n) is 5.82. The van der Waals surface area contributed by atoms with Gasteiger partial charge in [-0.3, -0.25) is 9.59 Å². The zero-order valence-corrected chi connectivity index (χ0v) is 15.1. The lowest BCUT2D eigenvalue weighted by molar-refractivity contribution is -0.135. The number of amides is 2. The molecule has 2 rings (SSSR count). The second-order valence-corrected chi connectivity index (χ2v) is 7.57. The predicted molar refractivity (Wildman–Crippen MR) is 92.8 cm³/mol. The fourth-order valence-corrected chi connectivity index (χ4v) is 3.61. The van der Waals surface area contributed by atoms with E-state index in [1.54, 1.807) is 17.9 Å². The van der Waals surface area contributed by atoms with Crippen molar-refractivity contribution in [2.24, 2.45) is 17.3 Å². The Morgan fingerprint density at radius 2 is 1.74 bits per heavy atom. The summed E-state index contributed by atoms with van der Waals surface area (Å²) in [6, 6.07) is 0. The fourth-order valence-electron chi connectivity index (χ4n) is 3.61. The zero-order valence-electron chi connectivity index (χ0n) is 15.1. The van der Waals surface area contributed by atoms with Crippen LogP contribution in [-0.2, 0) is 9.59 Å². The van der Waals surface area contributed by atoms with Gasteiger partial charge in [-0.25, -0.2) is 0 Å². The van der Waals surface area contributed by atoms with E-state index in [2.05, 4.69) is 39.8 Å². The Morgan fingerprint density at radius 3 is 2.30 bits per heavy atom. The van der Waals surface area contributed by atoms with Gasteiger partial charge >= 0.3 is 0 Å². The van der Waals surface area contributed by atoms with Crippen molar-refractivity contribution in [2.45, 2.75) is 41.0 Å². The van der Waals surface area contributed by atoms with Gasteiger partial charge in [-0.15, -0.1) is 0 Å². The molecule has 1 aliphatic carbocycles. The SMILES string of the molecule is CC(=O)N1CCN(C(=O)/C=C/C2C(C)=CCC(C)C2(C)C)CC1. The minimum Gasteiger partial charge on any atom is -0.339 e. The molecule has 0 aromatic heterocycles. The Balaban J connectivity index is 2.00. The van der Waals surface area contributed by atoms with E-state index in [1.807, 2.05) is 4.90 Å². The van der Waals surface area contributed by atoms with Crippen LogP contribution in [0.4, 0.5) is 0 Å². The van der Waals surface area contributed by atoms with E-state index in [0.717, 1.165) is 6.42 Å². The summed E-state index contributed by atoms with van der Waals surface area (Å²) in [5.41, 5.74) is 1.53. The third-order valence-corrected chi connectivity index (χ3v) is 5.82. The number of rotatable bonds is 2. The molecule has 128 valence electrons. The second-order valence-electron chi connectivity index (χ2n) is 7.57. The molecule has 0 N–H and O–H groups in total. The molecule has 4 heteroatoms. The van der Waals surface area contributed by atoms with Crippen molar-refractivity contribution in [1.29, 1.82) is 0 Å². The first-order valence-electron chi connectivity index (χ1n) is 8.62. The first-order valence-corrected chi connectivity index (χ1v) is 8.62. The maximum Gasteiger partial charge on any atom is 0.246 e. The largest absolute Gasteiger partial charge is 0.339 e. The molecule has 2 unspecified atom stereocenters. The lowest BCUT2D eigenvalue weighted by Crippen LogP contribution is -2.49. The first kappa shape index (κ1) is 17.8. The van der Waals surface area contributed by atoms with E-state index >= 15 is 0 Å². The van der Waals surface area contributed by atoms with Crippen molar-refractivity contribution in [1.82, 2.24) is 9.80 Å². The zero-order chi connectivity index (χ0) is 17.2. The minimum absolute atomic E-state index is 0.0648. The summed E-state index contributed by atoms with van der Waals surface area (Å²) in [4.78, 5) is 27.4. The smallest absolute Gasteiger partial charge is 0.246 e. The van der Waals surface area contributed by atoms with Crippen LogP contribution in [0.25, 0.3) is 0 Å². The average molecular weight is 318 g/mol. The number of piperazine rings is 1. The quantitative estimate of drug-likeness (QED) is 0.580. The van der Waals surface area contributed by atoms with E-state index in [1.165, 1.54) is 5.57 Å². The van der Waals surface area contributed by atoms with Crippen molar-refractivity contribution in [3.63, 3.8) is 0 Å². The Kier molecular flexibility index (Phi) is 5.33. The van der Waals surface area contributed by atoms with E-state index in [9.17, 15) is 9.59 Å². The number of allylic oxidation sites excluding steroid dienone is 3. The summed E-state index contributed by atoms with van der Waals surface area (Å²) < 4.78 is 0. The van der Waals surface area contributed by atoms with Gasteiger partial charge in [0, 0.05) is 39.0 Å². The number of carbonyl (C=O) groups is 2. The lowest BCUT2D eigenvalue weighted by Gasteiger charge is -2.42. The highest BCUT2D eigenvalue weighted by Crippen LogP contribution is 2.45. The van der Waals surface area contributed by atoms with Crippen molar-refractivity contribution >= 4 is 11.8 Å². The van der Waals surface area contributed by atoms with Crippen LogP contribution in [0.2, 0.25) is 0 Å². The molecule has 2 amide bonds. The molecule has 0 saturated carbocycles. The molecule has 0 aromatic rings. The van der Waals surface area contributed by atoms with Crippen LogP contribution < -0.4 is 0 Å². The monoisotopic (exact) mass is 318 g/mol. The molecule has 0 radical (unpaired) electrons. The molecule has 1 aliphatic heterocycles. The van der Waals surface area contributed by atoms with Gasteiger partial charge in [0.25, 0.3) is 0 Å². The highest BCUT2D eigenvalue weighted by atomic mass is 16.2. The summed E-state index contributed by atoms with van der Waals surface area (Å²) in [6.45, 7) is 13.1. The highest BCUT2D eigenvalue weighted by molar-refractivity contribution is 5.88. The summed E-state index contributed by atoms with van der Waals surface area (Å²) in [5, 5.41) is 0.